The number of hydrogen-bond donors (Lipinski definition) is 2. The zero-order chi connectivity index (χ0) is 14.1. The first-order valence-corrected chi connectivity index (χ1v) is 7.13. The Morgan fingerprint density at radius 3 is 2.89 bits per heavy atom. The standard InChI is InChI=1S/C13H20N2O3S/c1-17-6-3-7-19-9-13(16)15-11-8-10(14)4-5-12(11)18-2/h4-5,8H,3,6-7,9,14H2,1-2H3,(H,15,16). The van der Waals surface area contributed by atoms with Gasteiger partial charge in [-0.1, -0.05) is 0 Å². The fourth-order valence-corrected chi connectivity index (χ4v) is 2.20. The van der Waals surface area contributed by atoms with Gasteiger partial charge in [-0.05, 0) is 30.4 Å². The number of nitrogens with two attached hydrogens (primary N) is 1. The fourth-order valence-electron chi connectivity index (χ4n) is 1.48. The quantitative estimate of drug-likeness (QED) is 0.564. The number of nitrogen functional groups attached to an aromatic ring is 1. The van der Waals surface area contributed by atoms with Crippen molar-refractivity contribution < 1.29 is 14.3 Å². The van der Waals surface area contributed by atoms with E-state index < -0.39 is 0 Å². The van der Waals surface area contributed by atoms with Crippen LogP contribution >= 0.6 is 11.8 Å². The number of carbonyl (C=O) groups excluding carboxylic acids is 1. The predicted molar refractivity (Wildman–Crippen MR) is 79.9 cm³/mol. The molecule has 0 spiro atoms. The van der Waals surface area contributed by atoms with E-state index in [-0.39, 0.29) is 5.91 Å². The predicted octanol–water partition coefficient (Wildman–Crippen LogP) is 1.99. The summed E-state index contributed by atoms with van der Waals surface area (Å²) in [5.74, 6) is 1.84. The van der Waals surface area contributed by atoms with Gasteiger partial charge in [-0.3, -0.25) is 4.79 Å². The van der Waals surface area contributed by atoms with Crippen LogP contribution in [0, 0.1) is 0 Å². The molecule has 0 fully saturated rings. The second kappa shape index (κ2) is 8.66. The Balaban J connectivity index is 2.41. The Labute approximate surface area is 117 Å². The molecule has 3 N–H and O–H groups in total. The maximum absolute atomic E-state index is 11.8. The maximum Gasteiger partial charge on any atom is 0.234 e. The molecule has 0 aliphatic heterocycles. The molecule has 5 nitrogen and oxygen atoms in total. The molecule has 0 aliphatic carbocycles. The van der Waals surface area contributed by atoms with Gasteiger partial charge in [0.05, 0.1) is 18.6 Å². The van der Waals surface area contributed by atoms with Gasteiger partial charge >= 0.3 is 0 Å². The molecule has 0 saturated heterocycles. The lowest BCUT2D eigenvalue weighted by Gasteiger charge is -2.10. The van der Waals surface area contributed by atoms with Crippen LogP contribution < -0.4 is 15.8 Å². The summed E-state index contributed by atoms with van der Waals surface area (Å²) in [7, 11) is 3.23. The number of hydrogen-bond acceptors (Lipinski definition) is 5. The van der Waals surface area contributed by atoms with Crippen molar-refractivity contribution in [3.8, 4) is 5.75 Å². The van der Waals surface area contributed by atoms with Crippen molar-refractivity contribution in [2.75, 3.05) is 43.4 Å². The SMILES string of the molecule is COCCCSCC(=O)Nc1cc(N)ccc1OC. The summed E-state index contributed by atoms with van der Waals surface area (Å²) in [6.45, 7) is 0.720. The van der Waals surface area contributed by atoms with Crippen LogP contribution in [0.25, 0.3) is 0 Å². The third-order valence-corrected chi connectivity index (χ3v) is 3.41. The van der Waals surface area contributed by atoms with Crippen LogP contribution in [0.4, 0.5) is 11.4 Å². The summed E-state index contributed by atoms with van der Waals surface area (Å²) in [5.41, 5.74) is 6.88. The minimum Gasteiger partial charge on any atom is -0.495 e. The van der Waals surface area contributed by atoms with Gasteiger partial charge in [0.1, 0.15) is 5.75 Å². The molecular weight excluding hydrogens is 264 g/mol. The second-order valence-electron chi connectivity index (χ2n) is 3.91. The van der Waals surface area contributed by atoms with Crippen LogP contribution in [0.5, 0.6) is 5.75 Å². The highest BCUT2D eigenvalue weighted by Crippen LogP contribution is 2.26. The Hall–Kier alpha value is -1.40. The summed E-state index contributed by atoms with van der Waals surface area (Å²) in [6, 6.07) is 5.15. The Bertz CT molecular complexity index is 413. The first-order chi connectivity index (χ1) is 9.17. The maximum atomic E-state index is 11.8. The monoisotopic (exact) mass is 284 g/mol. The molecule has 0 radical (unpaired) electrons. The normalized spacial score (nSPS) is 10.2. The number of carbonyl (C=O) groups is 1. The van der Waals surface area contributed by atoms with Crippen molar-refractivity contribution in [2.45, 2.75) is 6.42 Å². The molecule has 1 rings (SSSR count). The van der Waals surface area contributed by atoms with E-state index in [4.69, 9.17) is 15.2 Å². The lowest BCUT2D eigenvalue weighted by atomic mass is 10.2. The molecule has 6 heteroatoms. The number of anilines is 2. The molecule has 0 bridgehead atoms. The van der Waals surface area contributed by atoms with Crippen LogP contribution in [-0.2, 0) is 9.53 Å². The summed E-state index contributed by atoms with van der Waals surface area (Å²) in [6.07, 6.45) is 0.941. The summed E-state index contributed by atoms with van der Waals surface area (Å²) >= 11 is 1.57. The van der Waals surface area contributed by atoms with E-state index in [0.717, 1.165) is 18.8 Å². The number of rotatable bonds is 8. The molecule has 19 heavy (non-hydrogen) atoms. The summed E-state index contributed by atoms with van der Waals surface area (Å²) < 4.78 is 10.1. The van der Waals surface area contributed by atoms with Gasteiger partial charge in [-0.15, -0.1) is 0 Å². The molecule has 0 aromatic heterocycles. The third kappa shape index (κ3) is 5.85. The highest BCUT2D eigenvalue weighted by molar-refractivity contribution is 7.99. The fraction of sp³-hybridized carbons (Fsp3) is 0.462. The minimum absolute atomic E-state index is 0.0636. The van der Waals surface area contributed by atoms with Crippen molar-refractivity contribution in [2.24, 2.45) is 0 Å². The van der Waals surface area contributed by atoms with E-state index in [1.165, 1.54) is 0 Å². The molecule has 0 atom stereocenters. The third-order valence-electron chi connectivity index (χ3n) is 2.37. The summed E-state index contributed by atoms with van der Waals surface area (Å²) in [5, 5.41) is 2.80. The van der Waals surface area contributed by atoms with Crippen LogP contribution in [0.2, 0.25) is 0 Å². The van der Waals surface area contributed by atoms with Crippen molar-refractivity contribution in [3.05, 3.63) is 18.2 Å². The topological polar surface area (TPSA) is 73.6 Å². The van der Waals surface area contributed by atoms with Gasteiger partial charge in [-0.2, -0.15) is 11.8 Å². The molecular formula is C13H20N2O3S. The smallest absolute Gasteiger partial charge is 0.234 e. The van der Waals surface area contributed by atoms with E-state index in [0.29, 0.717) is 22.9 Å². The van der Waals surface area contributed by atoms with E-state index in [2.05, 4.69) is 5.32 Å². The summed E-state index contributed by atoms with van der Waals surface area (Å²) in [4.78, 5) is 11.8. The van der Waals surface area contributed by atoms with Crippen molar-refractivity contribution >= 4 is 29.0 Å². The molecule has 1 aromatic rings. The highest BCUT2D eigenvalue weighted by Gasteiger charge is 2.08. The van der Waals surface area contributed by atoms with Gasteiger partial charge in [-0.25, -0.2) is 0 Å². The average Bonchev–Trinajstić information content (AvgIpc) is 2.39. The van der Waals surface area contributed by atoms with Crippen LogP contribution in [0.1, 0.15) is 6.42 Å². The highest BCUT2D eigenvalue weighted by atomic mass is 32.2. The molecule has 1 amide bonds. The van der Waals surface area contributed by atoms with E-state index in [1.54, 1.807) is 44.2 Å². The number of amides is 1. The molecule has 0 heterocycles. The number of benzene rings is 1. The molecule has 0 saturated carbocycles. The van der Waals surface area contributed by atoms with Gasteiger partial charge < -0.3 is 20.5 Å². The van der Waals surface area contributed by atoms with Gasteiger partial charge in [0.25, 0.3) is 0 Å². The first-order valence-electron chi connectivity index (χ1n) is 5.97. The zero-order valence-corrected chi connectivity index (χ0v) is 12.1. The molecule has 0 unspecified atom stereocenters. The molecule has 1 aromatic carbocycles. The lowest BCUT2D eigenvalue weighted by molar-refractivity contribution is -0.113. The van der Waals surface area contributed by atoms with E-state index in [9.17, 15) is 4.79 Å². The van der Waals surface area contributed by atoms with Crippen LogP contribution in [0.3, 0.4) is 0 Å². The number of ether oxygens (including phenoxy) is 2. The van der Waals surface area contributed by atoms with Gasteiger partial charge in [0.15, 0.2) is 0 Å². The van der Waals surface area contributed by atoms with E-state index in [1.807, 2.05) is 0 Å². The van der Waals surface area contributed by atoms with Gasteiger partial charge in [0.2, 0.25) is 5.91 Å². The molecule has 0 aliphatic rings. The van der Waals surface area contributed by atoms with Gasteiger partial charge in [0, 0.05) is 19.4 Å². The van der Waals surface area contributed by atoms with E-state index >= 15 is 0 Å². The lowest BCUT2D eigenvalue weighted by Crippen LogP contribution is -2.15. The zero-order valence-electron chi connectivity index (χ0n) is 11.3. The first kappa shape index (κ1) is 15.7. The van der Waals surface area contributed by atoms with Crippen LogP contribution in [0.15, 0.2) is 18.2 Å². The van der Waals surface area contributed by atoms with Crippen molar-refractivity contribution in [3.63, 3.8) is 0 Å². The largest absolute Gasteiger partial charge is 0.495 e. The van der Waals surface area contributed by atoms with Crippen LogP contribution in [-0.4, -0.2) is 38.2 Å². The molecule has 106 valence electrons. The number of nitrogens with one attached hydrogen (secondary N) is 1. The Morgan fingerprint density at radius 1 is 1.42 bits per heavy atom. The number of methoxy groups -OCH3 is 2. The Morgan fingerprint density at radius 2 is 2.21 bits per heavy atom. The minimum atomic E-state index is -0.0636. The van der Waals surface area contributed by atoms with Crippen molar-refractivity contribution in [1.82, 2.24) is 0 Å². The number of thioether (sulfide) groups is 1. The van der Waals surface area contributed by atoms with Crippen molar-refractivity contribution in [1.29, 1.82) is 0 Å². The second-order valence-corrected chi connectivity index (χ2v) is 5.01. The average molecular weight is 284 g/mol. The Kier molecular flexibility index (Phi) is 7.14.